The normalized spacial score (nSPS) is 11.2. The smallest absolute Gasteiger partial charge is 0.263 e. The predicted molar refractivity (Wildman–Crippen MR) is 117 cm³/mol. The highest BCUT2D eigenvalue weighted by atomic mass is 32.2. The second-order valence-electron chi connectivity index (χ2n) is 6.67. The largest absolute Gasteiger partial charge is 0.467 e. The van der Waals surface area contributed by atoms with Gasteiger partial charge in [-0.25, -0.2) is 9.37 Å². The maximum absolute atomic E-state index is 13.2. The number of fused-ring (bicyclic) bond motifs is 1. The van der Waals surface area contributed by atoms with Crippen LogP contribution >= 0.6 is 23.1 Å². The van der Waals surface area contributed by atoms with E-state index in [9.17, 15) is 14.0 Å². The zero-order chi connectivity index (χ0) is 21.3. The number of rotatable bonds is 6. The van der Waals surface area contributed by atoms with Crippen molar-refractivity contribution in [3.05, 3.63) is 75.0 Å². The molecular formula is C21H18FN3O3S2. The number of benzene rings is 1. The van der Waals surface area contributed by atoms with E-state index in [1.165, 1.54) is 51.9 Å². The molecule has 9 heteroatoms. The molecule has 0 aliphatic heterocycles. The Morgan fingerprint density at radius 1 is 1.27 bits per heavy atom. The molecule has 0 saturated carbocycles. The zero-order valence-electron chi connectivity index (χ0n) is 16.3. The van der Waals surface area contributed by atoms with Crippen molar-refractivity contribution < 1.29 is 13.6 Å². The average Bonchev–Trinajstić information content (AvgIpc) is 3.33. The van der Waals surface area contributed by atoms with Crippen molar-refractivity contribution in [1.29, 1.82) is 0 Å². The SMILES string of the molecule is Cc1sc2nc(SCC(=O)Nc3ccc(F)cc3)n(Cc3ccco3)c(=O)c2c1C. The summed E-state index contributed by atoms with van der Waals surface area (Å²) in [4.78, 5) is 31.9. The molecule has 1 aromatic carbocycles. The monoisotopic (exact) mass is 443 g/mol. The third-order valence-electron chi connectivity index (χ3n) is 4.61. The fraction of sp³-hybridized carbons (Fsp3) is 0.190. The minimum absolute atomic E-state index is 0.0524. The van der Waals surface area contributed by atoms with E-state index in [1.54, 1.807) is 18.4 Å². The van der Waals surface area contributed by atoms with Gasteiger partial charge in [0.25, 0.3) is 5.56 Å². The van der Waals surface area contributed by atoms with Gasteiger partial charge in [0.15, 0.2) is 5.16 Å². The summed E-state index contributed by atoms with van der Waals surface area (Å²) >= 11 is 2.64. The molecule has 0 aliphatic carbocycles. The first-order chi connectivity index (χ1) is 14.4. The number of aryl methyl sites for hydroxylation is 2. The summed E-state index contributed by atoms with van der Waals surface area (Å²) < 4.78 is 20.0. The predicted octanol–water partition coefficient (Wildman–Crippen LogP) is 4.59. The van der Waals surface area contributed by atoms with Crippen molar-refractivity contribution >= 4 is 44.9 Å². The molecule has 0 unspecified atom stereocenters. The van der Waals surface area contributed by atoms with Crippen molar-refractivity contribution in [2.45, 2.75) is 25.5 Å². The minimum Gasteiger partial charge on any atom is -0.467 e. The van der Waals surface area contributed by atoms with E-state index in [2.05, 4.69) is 10.3 Å². The number of furan rings is 1. The van der Waals surface area contributed by atoms with Gasteiger partial charge in [0.2, 0.25) is 5.91 Å². The summed E-state index contributed by atoms with van der Waals surface area (Å²) in [6.07, 6.45) is 1.55. The van der Waals surface area contributed by atoms with E-state index in [4.69, 9.17) is 4.42 Å². The van der Waals surface area contributed by atoms with Gasteiger partial charge in [-0.3, -0.25) is 14.2 Å². The minimum atomic E-state index is -0.372. The van der Waals surface area contributed by atoms with Crippen LogP contribution < -0.4 is 10.9 Å². The van der Waals surface area contributed by atoms with Crippen LogP contribution in [-0.4, -0.2) is 21.2 Å². The Hall–Kier alpha value is -2.91. The highest BCUT2D eigenvalue weighted by Crippen LogP contribution is 2.28. The Kier molecular flexibility index (Phi) is 5.74. The number of thiophene rings is 1. The molecule has 3 heterocycles. The summed E-state index contributed by atoms with van der Waals surface area (Å²) in [5, 5.41) is 3.76. The molecule has 0 radical (unpaired) electrons. The molecule has 0 atom stereocenters. The summed E-state index contributed by atoms with van der Waals surface area (Å²) in [6.45, 7) is 4.10. The topological polar surface area (TPSA) is 77.1 Å². The maximum atomic E-state index is 13.2. The van der Waals surface area contributed by atoms with Crippen LogP contribution in [0.4, 0.5) is 10.1 Å². The van der Waals surface area contributed by atoms with Crippen LogP contribution in [0.15, 0.2) is 57.0 Å². The lowest BCUT2D eigenvalue weighted by Crippen LogP contribution is -2.24. The van der Waals surface area contributed by atoms with Crippen LogP contribution in [0.25, 0.3) is 10.2 Å². The Labute approximate surface area is 179 Å². The van der Waals surface area contributed by atoms with Gasteiger partial charge < -0.3 is 9.73 Å². The molecule has 3 aromatic heterocycles. The summed E-state index contributed by atoms with van der Waals surface area (Å²) in [5.41, 5.74) is 1.27. The van der Waals surface area contributed by atoms with Crippen LogP contribution in [0.2, 0.25) is 0 Å². The number of carbonyl (C=O) groups is 1. The van der Waals surface area contributed by atoms with Gasteiger partial charge in [-0.15, -0.1) is 11.3 Å². The molecule has 6 nitrogen and oxygen atoms in total. The van der Waals surface area contributed by atoms with Gasteiger partial charge in [-0.05, 0) is 55.8 Å². The molecule has 30 heavy (non-hydrogen) atoms. The van der Waals surface area contributed by atoms with Gasteiger partial charge in [0.05, 0.1) is 23.9 Å². The van der Waals surface area contributed by atoms with E-state index in [0.717, 1.165) is 10.4 Å². The summed E-state index contributed by atoms with van der Waals surface area (Å²) in [5.74, 6) is 0.0319. The number of carbonyl (C=O) groups excluding carboxylic acids is 1. The van der Waals surface area contributed by atoms with Crippen molar-refractivity contribution in [3.8, 4) is 0 Å². The first-order valence-corrected chi connectivity index (χ1v) is 10.9. The number of anilines is 1. The Morgan fingerprint density at radius 3 is 2.73 bits per heavy atom. The van der Waals surface area contributed by atoms with Crippen LogP contribution in [0.5, 0.6) is 0 Å². The molecule has 0 bridgehead atoms. The van der Waals surface area contributed by atoms with Crippen molar-refractivity contribution in [1.82, 2.24) is 9.55 Å². The highest BCUT2D eigenvalue weighted by Gasteiger charge is 2.18. The molecule has 4 aromatic rings. The van der Waals surface area contributed by atoms with Crippen molar-refractivity contribution in [3.63, 3.8) is 0 Å². The van der Waals surface area contributed by atoms with Gasteiger partial charge in [0, 0.05) is 10.6 Å². The van der Waals surface area contributed by atoms with Gasteiger partial charge in [-0.2, -0.15) is 0 Å². The molecule has 0 fully saturated rings. The highest BCUT2D eigenvalue weighted by molar-refractivity contribution is 7.99. The first-order valence-electron chi connectivity index (χ1n) is 9.13. The molecule has 1 amide bonds. The van der Waals surface area contributed by atoms with Crippen molar-refractivity contribution in [2.24, 2.45) is 0 Å². The number of nitrogens with zero attached hydrogens (tertiary/aromatic N) is 2. The van der Waals surface area contributed by atoms with E-state index >= 15 is 0 Å². The number of hydrogen-bond acceptors (Lipinski definition) is 6. The number of amides is 1. The standard InChI is InChI=1S/C21H18FN3O3S2/c1-12-13(2)30-19-18(12)20(27)25(10-16-4-3-9-28-16)21(24-19)29-11-17(26)23-15-7-5-14(22)6-8-15/h3-9H,10-11H2,1-2H3,(H,23,26). The molecule has 0 spiro atoms. The third kappa shape index (κ3) is 4.17. The van der Waals surface area contributed by atoms with Crippen LogP contribution in [0, 0.1) is 19.7 Å². The molecule has 1 N–H and O–H groups in total. The first kappa shape index (κ1) is 20.4. The van der Waals surface area contributed by atoms with E-state index < -0.39 is 0 Å². The zero-order valence-corrected chi connectivity index (χ0v) is 17.9. The van der Waals surface area contributed by atoms with E-state index in [1.807, 2.05) is 13.8 Å². The van der Waals surface area contributed by atoms with Gasteiger partial charge in [0.1, 0.15) is 16.4 Å². The van der Waals surface area contributed by atoms with Crippen LogP contribution in [-0.2, 0) is 11.3 Å². The van der Waals surface area contributed by atoms with E-state index in [0.29, 0.717) is 26.8 Å². The summed E-state index contributed by atoms with van der Waals surface area (Å²) in [6, 6.07) is 9.09. The lowest BCUT2D eigenvalue weighted by atomic mass is 10.2. The number of thioether (sulfide) groups is 1. The average molecular weight is 444 g/mol. The molecule has 0 saturated heterocycles. The molecule has 4 rings (SSSR count). The number of halogens is 1. The Morgan fingerprint density at radius 2 is 2.03 bits per heavy atom. The maximum Gasteiger partial charge on any atom is 0.263 e. The third-order valence-corrected chi connectivity index (χ3v) is 6.69. The van der Waals surface area contributed by atoms with Gasteiger partial charge in [-0.1, -0.05) is 11.8 Å². The Bertz CT molecular complexity index is 1260. The second-order valence-corrected chi connectivity index (χ2v) is 8.82. The fourth-order valence-electron chi connectivity index (χ4n) is 2.98. The second kappa shape index (κ2) is 8.45. The van der Waals surface area contributed by atoms with Crippen LogP contribution in [0.3, 0.4) is 0 Å². The molecule has 0 aliphatic rings. The lowest BCUT2D eigenvalue weighted by molar-refractivity contribution is -0.113. The van der Waals surface area contributed by atoms with E-state index in [-0.39, 0.29) is 29.6 Å². The summed E-state index contributed by atoms with van der Waals surface area (Å²) in [7, 11) is 0. The molecular weight excluding hydrogens is 425 g/mol. The fourth-order valence-corrected chi connectivity index (χ4v) is 4.85. The quantitative estimate of drug-likeness (QED) is 0.349. The number of aromatic nitrogens is 2. The Balaban J connectivity index is 1.62. The number of hydrogen-bond donors (Lipinski definition) is 1. The van der Waals surface area contributed by atoms with Crippen LogP contribution in [0.1, 0.15) is 16.2 Å². The molecule has 154 valence electrons. The number of nitrogens with one attached hydrogen (secondary N) is 1. The lowest BCUT2D eigenvalue weighted by Gasteiger charge is -2.11. The van der Waals surface area contributed by atoms with Gasteiger partial charge >= 0.3 is 0 Å². The van der Waals surface area contributed by atoms with Crippen molar-refractivity contribution in [2.75, 3.05) is 11.1 Å².